The van der Waals surface area contributed by atoms with E-state index >= 15 is 0 Å². The van der Waals surface area contributed by atoms with Crippen molar-refractivity contribution in [2.45, 2.75) is 65.9 Å². The van der Waals surface area contributed by atoms with Crippen molar-refractivity contribution < 1.29 is 14.3 Å². The fourth-order valence-corrected chi connectivity index (χ4v) is 1.88. The fraction of sp³-hybridized carbons (Fsp3) is 0.650. The highest BCUT2D eigenvalue weighted by molar-refractivity contribution is 6.17. The third kappa shape index (κ3) is 7.51. The number of nitrogens with one attached hydrogen (secondary N) is 1. The van der Waals surface area contributed by atoms with E-state index in [-0.39, 0.29) is 5.91 Å². The van der Waals surface area contributed by atoms with Crippen LogP contribution in [0, 0.1) is 5.41 Å². The van der Waals surface area contributed by atoms with Gasteiger partial charge in [0.1, 0.15) is 19.2 Å². The van der Waals surface area contributed by atoms with Crippen molar-refractivity contribution >= 4 is 13.8 Å². The normalized spacial score (nSPS) is 15.7. The minimum Gasteiger partial charge on any atom is -0.486 e. The Hall–Kier alpha value is -1.49. The second-order valence-electron chi connectivity index (χ2n) is 7.40. The lowest BCUT2D eigenvalue weighted by Gasteiger charge is -2.44. The van der Waals surface area contributed by atoms with Crippen molar-refractivity contribution in [3.05, 3.63) is 36.6 Å². The van der Waals surface area contributed by atoms with E-state index in [0.29, 0.717) is 25.4 Å². The third-order valence-electron chi connectivity index (χ3n) is 4.34. The molecule has 0 spiro atoms. The minimum absolute atomic E-state index is 0.133. The molecule has 2 radical (unpaired) electrons. The van der Waals surface area contributed by atoms with Gasteiger partial charge < -0.3 is 14.8 Å². The topological polar surface area (TPSA) is 47.6 Å². The summed E-state index contributed by atoms with van der Waals surface area (Å²) in [5, 5.41) is 2.93. The van der Waals surface area contributed by atoms with Crippen molar-refractivity contribution in [2.24, 2.45) is 5.41 Å². The standard InChI is InChI=1S/C20H34BNO3/c1-9-12-13-16(10-2)25-19(6,7)20(8,21)22-17(23)18(4,5)14-15-24-11-3/h9-10,12-13H,2,11,14-15H2,1,3-8H3,(H,22,23)/b12-9-,16-13+. The molecule has 0 heterocycles. The smallest absolute Gasteiger partial charge is 0.225 e. The molecule has 0 rings (SSSR count). The summed E-state index contributed by atoms with van der Waals surface area (Å²) >= 11 is 0. The number of carbonyl (C=O) groups is 1. The predicted octanol–water partition coefficient (Wildman–Crippen LogP) is 3.88. The van der Waals surface area contributed by atoms with Crippen LogP contribution in [0.4, 0.5) is 0 Å². The zero-order chi connectivity index (χ0) is 19.7. The molecule has 0 aromatic rings. The summed E-state index contributed by atoms with van der Waals surface area (Å²) in [7, 11) is 6.41. The first-order chi connectivity index (χ1) is 11.4. The average Bonchev–Trinajstić information content (AvgIpc) is 2.50. The van der Waals surface area contributed by atoms with E-state index in [0.717, 1.165) is 0 Å². The van der Waals surface area contributed by atoms with E-state index < -0.39 is 16.5 Å². The van der Waals surface area contributed by atoms with Gasteiger partial charge in [0.2, 0.25) is 5.91 Å². The Kier molecular flexibility index (Phi) is 9.27. The Bertz CT molecular complexity index is 505. The first kappa shape index (κ1) is 23.5. The van der Waals surface area contributed by atoms with Gasteiger partial charge >= 0.3 is 0 Å². The van der Waals surface area contributed by atoms with Gasteiger partial charge in [-0.2, -0.15) is 0 Å². The van der Waals surface area contributed by atoms with Crippen LogP contribution in [0.5, 0.6) is 0 Å². The highest BCUT2D eigenvalue weighted by Crippen LogP contribution is 2.29. The second-order valence-corrected chi connectivity index (χ2v) is 7.40. The van der Waals surface area contributed by atoms with Gasteiger partial charge in [0.25, 0.3) is 0 Å². The summed E-state index contributed by atoms with van der Waals surface area (Å²) in [6.45, 7) is 18.0. The van der Waals surface area contributed by atoms with E-state index in [1.807, 2.05) is 53.7 Å². The van der Waals surface area contributed by atoms with Crippen LogP contribution in [-0.4, -0.2) is 38.0 Å². The van der Waals surface area contributed by atoms with E-state index in [2.05, 4.69) is 11.9 Å². The highest BCUT2D eigenvalue weighted by Gasteiger charge is 2.42. The van der Waals surface area contributed by atoms with Crippen LogP contribution < -0.4 is 5.32 Å². The average molecular weight is 347 g/mol. The maximum absolute atomic E-state index is 12.7. The SMILES string of the molecule is [B]C(C)(NC(=O)C(C)(C)CCOCC)C(C)(C)O/C(C=C)=C/C=C\C. The van der Waals surface area contributed by atoms with Gasteiger partial charge in [-0.3, -0.25) is 4.79 Å². The van der Waals surface area contributed by atoms with Gasteiger partial charge in [-0.1, -0.05) is 32.6 Å². The molecule has 0 fully saturated rings. The molecule has 1 N–H and O–H groups in total. The summed E-state index contributed by atoms with van der Waals surface area (Å²) in [5.74, 6) is 0.455. The van der Waals surface area contributed by atoms with Crippen molar-refractivity contribution in [2.75, 3.05) is 13.2 Å². The Morgan fingerprint density at radius 3 is 2.32 bits per heavy atom. The van der Waals surface area contributed by atoms with Crippen LogP contribution >= 0.6 is 0 Å². The van der Waals surface area contributed by atoms with Gasteiger partial charge in [-0.15, -0.1) is 0 Å². The first-order valence-electron chi connectivity index (χ1n) is 8.77. The quantitative estimate of drug-likeness (QED) is 0.267. The summed E-state index contributed by atoms with van der Waals surface area (Å²) in [4.78, 5) is 12.7. The molecule has 0 saturated heterocycles. The zero-order valence-electron chi connectivity index (χ0n) is 16.9. The molecule has 4 nitrogen and oxygen atoms in total. The van der Waals surface area contributed by atoms with Crippen molar-refractivity contribution in [1.82, 2.24) is 5.32 Å². The Morgan fingerprint density at radius 2 is 1.84 bits per heavy atom. The second kappa shape index (κ2) is 9.86. The molecular weight excluding hydrogens is 313 g/mol. The zero-order valence-corrected chi connectivity index (χ0v) is 16.9. The summed E-state index contributed by atoms with van der Waals surface area (Å²) in [6, 6.07) is 0. The molecule has 0 aromatic carbocycles. The lowest BCUT2D eigenvalue weighted by Crippen LogP contribution is -2.63. The largest absolute Gasteiger partial charge is 0.486 e. The summed E-state index contributed by atoms with van der Waals surface area (Å²) < 4.78 is 11.4. The Morgan fingerprint density at radius 1 is 1.24 bits per heavy atom. The van der Waals surface area contributed by atoms with Crippen LogP contribution in [-0.2, 0) is 14.3 Å². The molecular formula is C20H34BNO3. The number of hydrogen-bond donors (Lipinski definition) is 1. The third-order valence-corrected chi connectivity index (χ3v) is 4.34. The van der Waals surface area contributed by atoms with E-state index in [1.54, 1.807) is 19.1 Å². The molecule has 0 aromatic heterocycles. The number of rotatable bonds is 11. The fourth-order valence-electron chi connectivity index (χ4n) is 1.88. The number of allylic oxidation sites excluding steroid dienone is 4. The van der Waals surface area contributed by atoms with Gasteiger partial charge in [0.15, 0.2) is 0 Å². The predicted molar refractivity (Wildman–Crippen MR) is 105 cm³/mol. The van der Waals surface area contributed by atoms with Crippen LogP contribution in [0.15, 0.2) is 36.6 Å². The molecule has 1 amide bonds. The first-order valence-corrected chi connectivity index (χ1v) is 8.77. The van der Waals surface area contributed by atoms with Crippen molar-refractivity contribution in [3.8, 4) is 0 Å². The number of amides is 1. The number of hydrogen-bond acceptors (Lipinski definition) is 3. The van der Waals surface area contributed by atoms with E-state index in [1.165, 1.54) is 0 Å². The minimum atomic E-state index is -1.08. The maximum atomic E-state index is 12.7. The van der Waals surface area contributed by atoms with E-state index in [9.17, 15) is 4.79 Å². The number of ether oxygens (including phenoxy) is 2. The summed E-state index contributed by atoms with van der Waals surface area (Å²) in [5.41, 5.74) is -2.51. The van der Waals surface area contributed by atoms with Crippen LogP contribution in [0.2, 0.25) is 0 Å². The van der Waals surface area contributed by atoms with Crippen LogP contribution in [0.1, 0.15) is 54.9 Å². The lowest BCUT2D eigenvalue weighted by atomic mass is 9.67. The number of carbonyl (C=O) groups excluding carboxylic acids is 1. The van der Waals surface area contributed by atoms with Crippen LogP contribution in [0.3, 0.4) is 0 Å². The van der Waals surface area contributed by atoms with Gasteiger partial charge in [-0.05, 0) is 53.2 Å². The van der Waals surface area contributed by atoms with Gasteiger partial charge in [0, 0.05) is 24.1 Å². The van der Waals surface area contributed by atoms with Crippen molar-refractivity contribution in [3.63, 3.8) is 0 Å². The Balaban J connectivity index is 5.13. The van der Waals surface area contributed by atoms with Gasteiger partial charge in [0.05, 0.1) is 0 Å². The van der Waals surface area contributed by atoms with Gasteiger partial charge in [-0.25, -0.2) is 0 Å². The van der Waals surface area contributed by atoms with Crippen LogP contribution in [0.25, 0.3) is 0 Å². The molecule has 0 aliphatic carbocycles. The molecule has 5 heteroatoms. The van der Waals surface area contributed by atoms with E-state index in [4.69, 9.17) is 17.3 Å². The molecule has 140 valence electrons. The van der Waals surface area contributed by atoms with Crippen molar-refractivity contribution in [1.29, 1.82) is 0 Å². The molecule has 0 saturated carbocycles. The lowest BCUT2D eigenvalue weighted by molar-refractivity contribution is -0.134. The maximum Gasteiger partial charge on any atom is 0.225 e. The molecule has 0 aliphatic rings. The highest BCUT2D eigenvalue weighted by atomic mass is 16.5. The molecule has 25 heavy (non-hydrogen) atoms. The molecule has 1 atom stereocenters. The molecule has 1 unspecified atom stereocenters. The molecule has 0 aliphatic heterocycles. The molecule has 0 bridgehead atoms. The Labute approximate surface area is 155 Å². The summed E-state index contributed by atoms with van der Waals surface area (Å²) in [6.07, 6.45) is 7.79. The monoisotopic (exact) mass is 347 g/mol.